The molecule has 4 aromatic rings. The number of nitrogens with zero attached hydrogens (tertiary/aromatic N) is 5. The van der Waals surface area contributed by atoms with Crippen molar-refractivity contribution in [3.8, 4) is 28.6 Å². The fourth-order valence-corrected chi connectivity index (χ4v) is 3.56. The highest BCUT2D eigenvalue weighted by Crippen LogP contribution is 2.41. The van der Waals surface area contributed by atoms with Gasteiger partial charge in [0.15, 0.2) is 23.1 Å². The molecule has 0 saturated heterocycles. The topological polar surface area (TPSA) is 126 Å². The third kappa shape index (κ3) is 4.93. The molecule has 2 aromatic carbocycles. The first-order chi connectivity index (χ1) is 16.9. The second-order valence-electron chi connectivity index (χ2n) is 7.13. The van der Waals surface area contributed by atoms with Gasteiger partial charge in [-0.3, -0.25) is 10.1 Å². The van der Waals surface area contributed by atoms with Crippen LogP contribution >= 0.6 is 0 Å². The maximum absolute atomic E-state index is 11.0. The molecule has 11 heteroatoms. The number of anilines is 2. The summed E-state index contributed by atoms with van der Waals surface area (Å²) in [5, 5.41) is 18.9. The van der Waals surface area contributed by atoms with Crippen molar-refractivity contribution in [3.05, 3.63) is 58.0 Å². The van der Waals surface area contributed by atoms with Gasteiger partial charge in [0.25, 0.3) is 5.69 Å². The van der Waals surface area contributed by atoms with Crippen molar-refractivity contribution in [3.63, 3.8) is 0 Å². The third-order valence-electron chi connectivity index (χ3n) is 5.09. The standard InChI is InChI=1S/C22H22N6O5.C2H6/c1-12-19-22(24-15-10-17(31-3)20(33-5)18(11-15)32-4)25-21(26-27(19)13(2)23-12)14-6-8-16(9-7-14)28(29)30;1-2/h6-11H,1-5H3,(H,24,25,26);1-2H3. The van der Waals surface area contributed by atoms with E-state index in [0.29, 0.717) is 51.5 Å². The zero-order valence-corrected chi connectivity index (χ0v) is 20.7. The molecule has 0 fully saturated rings. The van der Waals surface area contributed by atoms with Gasteiger partial charge in [0.05, 0.1) is 31.9 Å². The van der Waals surface area contributed by atoms with Crippen LogP contribution in [0.5, 0.6) is 17.2 Å². The Morgan fingerprint density at radius 1 is 0.943 bits per heavy atom. The van der Waals surface area contributed by atoms with E-state index in [9.17, 15) is 10.1 Å². The fraction of sp³-hybridized carbons (Fsp3) is 0.292. The molecule has 0 aliphatic heterocycles. The number of methoxy groups -OCH3 is 3. The summed E-state index contributed by atoms with van der Waals surface area (Å²) in [4.78, 5) is 19.8. The van der Waals surface area contributed by atoms with Crippen LogP contribution in [0, 0.1) is 24.0 Å². The molecule has 0 spiro atoms. The van der Waals surface area contributed by atoms with E-state index in [1.807, 2.05) is 27.7 Å². The summed E-state index contributed by atoms with van der Waals surface area (Å²) in [7, 11) is 4.62. The Bertz CT molecular complexity index is 1330. The van der Waals surface area contributed by atoms with Gasteiger partial charge < -0.3 is 19.5 Å². The number of hydrogen-bond donors (Lipinski definition) is 1. The Balaban J connectivity index is 0.00000167. The van der Waals surface area contributed by atoms with E-state index in [4.69, 9.17) is 19.2 Å². The highest BCUT2D eigenvalue weighted by Gasteiger charge is 2.19. The maximum Gasteiger partial charge on any atom is 0.269 e. The van der Waals surface area contributed by atoms with Crippen LogP contribution in [-0.4, -0.2) is 45.8 Å². The quantitative estimate of drug-likeness (QED) is 0.283. The van der Waals surface area contributed by atoms with Crippen LogP contribution in [0.4, 0.5) is 17.2 Å². The van der Waals surface area contributed by atoms with Crippen molar-refractivity contribution in [2.24, 2.45) is 0 Å². The zero-order valence-electron chi connectivity index (χ0n) is 20.7. The van der Waals surface area contributed by atoms with Crippen molar-refractivity contribution >= 4 is 22.7 Å². The Kier molecular flexibility index (Phi) is 7.69. The van der Waals surface area contributed by atoms with E-state index in [1.165, 1.54) is 19.2 Å². The van der Waals surface area contributed by atoms with Crippen LogP contribution in [0.25, 0.3) is 16.9 Å². The molecule has 4 rings (SSSR count). The summed E-state index contributed by atoms with van der Waals surface area (Å²) in [6.07, 6.45) is 0. The highest BCUT2D eigenvalue weighted by molar-refractivity contribution is 5.79. The number of nitro groups is 1. The first-order valence-electron chi connectivity index (χ1n) is 10.9. The second kappa shape index (κ2) is 10.7. The number of aryl methyl sites for hydroxylation is 2. The molecule has 0 aliphatic rings. The lowest BCUT2D eigenvalue weighted by molar-refractivity contribution is -0.384. The van der Waals surface area contributed by atoms with E-state index in [1.54, 1.807) is 43.0 Å². The van der Waals surface area contributed by atoms with Crippen molar-refractivity contribution in [1.29, 1.82) is 0 Å². The minimum absolute atomic E-state index is 0.00902. The van der Waals surface area contributed by atoms with Gasteiger partial charge in [-0.1, -0.05) is 13.8 Å². The van der Waals surface area contributed by atoms with E-state index in [0.717, 1.165) is 5.69 Å². The summed E-state index contributed by atoms with van der Waals surface area (Å²) >= 11 is 0. The summed E-state index contributed by atoms with van der Waals surface area (Å²) in [6.45, 7) is 7.72. The Morgan fingerprint density at radius 3 is 2.06 bits per heavy atom. The Hall–Kier alpha value is -4.41. The Morgan fingerprint density at radius 2 is 1.54 bits per heavy atom. The van der Waals surface area contributed by atoms with Gasteiger partial charge in [-0.15, -0.1) is 5.10 Å². The molecule has 35 heavy (non-hydrogen) atoms. The van der Waals surface area contributed by atoms with Crippen LogP contribution in [-0.2, 0) is 0 Å². The zero-order chi connectivity index (χ0) is 25.7. The predicted molar refractivity (Wildman–Crippen MR) is 133 cm³/mol. The maximum atomic E-state index is 11.0. The Labute approximate surface area is 202 Å². The molecule has 2 heterocycles. The number of fused-ring (bicyclic) bond motifs is 1. The predicted octanol–water partition coefficient (Wildman–Crippen LogP) is 5.11. The number of imidazole rings is 1. The van der Waals surface area contributed by atoms with Crippen molar-refractivity contribution in [2.75, 3.05) is 26.6 Å². The number of nitrogens with one attached hydrogen (secondary N) is 1. The van der Waals surface area contributed by atoms with E-state index in [-0.39, 0.29) is 5.69 Å². The molecule has 0 atom stereocenters. The molecule has 0 radical (unpaired) electrons. The third-order valence-corrected chi connectivity index (χ3v) is 5.09. The number of ether oxygens (including phenoxy) is 3. The average molecular weight is 481 g/mol. The summed E-state index contributed by atoms with van der Waals surface area (Å²) in [6, 6.07) is 9.60. The van der Waals surface area contributed by atoms with Gasteiger partial charge in [0.2, 0.25) is 5.75 Å². The molecule has 0 aliphatic carbocycles. The number of rotatable bonds is 7. The van der Waals surface area contributed by atoms with E-state index < -0.39 is 4.92 Å². The molecule has 184 valence electrons. The fourth-order valence-electron chi connectivity index (χ4n) is 3.56. The van der Waals surface area contributed by atoms with Crippen LogP contribution in [0.1, 0.15) is 25.4 Å². The van der Waals surface area contributed by atoms with Gasteiger partial charge in [0.1, 0.15) is 11.3 Å². The van der Waals surface area contributed by atoms with Gasteiger partial charge in [-0.2, -0.15) is 0 Å². The number of nitro benzene ring substituents is 1. The number of aromatic nitrogens is 4. The van der Waals surface area contributed by atoms with Crippen LogP contribution in [0.3, 0.4) is 0 Å². The molecule has 11 nitrogen and oxygen atoms in total. The highest BCUT2D eigenvalue weighted by atomic mass is 16.6. The number of non-ortho nitro benzene ring substituents is 1. The van der Waals surface area contributed by atoms with Gasteiger partial charge >= 0.3 is 0 Å². The average Bonchev–Trinajstić information content (AvgIpc) is 3.17. The molecule has 1 N–H and O–H groups in total. The molecular weight excluding hydrogens is 452 g/mol. The lowest BCUT2D eigenvalue weighted by atomic mass is 10.2. The normalized spacial score (nSPS) is 10.4. The minimum Gasteiger partial charge on any atom is -0.493 e. The van der Waals surface area contributed by atoms with E-state index in [2.05, 4.69) is 15.4 Å². The largest absolute Gasteiger partial charge is 0.493 e. The molecular formula is C24H28N6O5. The summed E-state index contributed by atoms with van der Waals surface area (Å²) in [5.41, 5.74) is 2.72. The van der Waals surface area contributed by atoms with Crippen LogP contribution in [0.15, 0.2) is 36.4 Å². The molecule has 0 bridgehead atoms. The first-order valence-corrected chi connectivity index (χ1v) is 10.9. The van der Waals surface area contributed by atoms with Crippen LogP contribution < -0.4 is 19.5 Å². The number of benzene rings is 2. The van der Waals surface area contributed by atoms with Crippen molar-refractivity contribution < 1.29 is 19.1 Å². The molecule has 0 amide bonds. The van der Waals surface area contributed by atoms with Gasteiger partial charge in [-0.05, 0) is 26.0 Å². The molecule has 2 aromatic heterocycles. The minimum atomic E-state index is -0.450. The van der Waals surface area contributed by atoms with Crippen LogP contribution in [0.2, 0.25) is 0 Å². The molecule has 0 unspecified atom stereocenters. The van der Waals surface area contributed by atoms with E-state index >= 15 is 0 Å². The number of hydrogen-bond acceptors (Lipinski definition) is 9. The smallest absolute Gasteiger partial charge is 0.269 e. The van der Waals surface area contributed by atoms with Crippen molar-refractivity contribution in [2.45, 2.75) is 27.7 Å². The second-order valence-corrected chi connectivity index (χ2v) is 7.13. The SMILES string of the molecule is CC.COc1cc(Nc2nc(-c3ccc([N+](=O)[O-])cc3)nn3c(C)nc(C)c23)cc(OC)c1OC. The lowest BCUT2D eigenvalue weighted by Gasteiger charge is -2.16. The monoisotopic (exact) mass is 480 g/mol. The summed E-state index contributed by atoms with van der Waals surface area (Å²) < 4.78 is 18.0. The molecule has 0 saturated carbocycles. The summed E-state index contributed by atoms with van der Waals surface area (Å²) in [5.74, 6) is 3.02. The first kappa shape index (κ1) is 25.2. The van der Waals surface area contributed by atoms with Crippen molar-refractivity contribution in [1.82, 2.24) is 19.6 Å². The lowest BCUT2D eigenvalue weighted by Crippen LogP contribution is -2.06. The van der Waals surface area contributed by atoms with Gasteiger partial charge in [0, 0.05) is 35.5 Å². The van der Waals surface area contributed by atoms with Gasteiger partial charge in [-0.25, -0.2) is 14.5 Å².